The van der Waals surface area contributed by atoms with Gasteiger partial charge in [0.15, 0.2) is 17.2 Å². The lowest BCUT2D eigenvalue weighted by molar-refractivity contribution is 0.246. The third kappa shape index (κ3) is 3.99. The van der Waals surface area contributed by atoms with Gasteiger partial charge in [-0.3, -0.25) is 0 Å². The molecule has 2 saturated heterocycles. The van der Waals surface area contributed by atoms with Crippen LogP contribution in [0.15, 0.2) is 18.3 Å². The van der Waals surface area contributed by atoms with Crippen LogP contribution in [0.5, 0.6) is 0 Å². The standard InChI is InChI=1S/C24H25ClN10/c1-33-6-4-15-5-7-34(13-20(15)33)19-9-14(10-26)8-18(21(19)25)30-24-31-22(29-16-2-3-16)23-28-12-17(11-27)35(23)32-24/h8-9,12,15-16,20H,2-7,13H2,1H3,(H2,29,30,31,32). The van der Waals surface area contributed by atoms with E-state index in [1.54, 1.807) is 6.07 Å². The quantitative estimate of drug-likeness (QED) is 0.556. The monoisotopic (exact) mass is 488 g/mol. The van der Waals surface area contributed by atoms with E-state index in [0.717, 1.165) is 44.6 Å². The lowest BCUT2D eigenvalue weighted by atomic mass is 9.92. The van der Waals surface area contributed by atoms with E-state index in [4.69, 9.17) is 11.6 Å². The number of hydrogen-bond donors (Lipinski definition) is 2. The Kier molecular flexibility index (Phi) is 5.36. The highest BCUT2D eigenvalue weighted by Crippen LogP contribution is 2.40. The number of hydrogen-bond acceptors (Lipinski definition) is 9. The largest absolute Gasteiger partial charge is 0.369 e. The molecule has 35 heavy (non-hydrogen) atoms. The van der Waals surface area contributed by atoms with Gasteiger partial charge in [-0.1, -0.05) is 11.6 Å². The molecule has 1 saturated carbocycles. The molecule has 2 unspecified atom stereocenters. The second-order valence-corrected chi connectivity index (χ2v) is 10.00. The van der Waals surface area contributed by atoms with E-state index in [0.29, 0.717) is 51.4 Å². The van der Waals surface area contributed by atoms with Crippen molar-refractivity contribution in [1.29, 1.82) is 10.5 Å². The fourth-order valence-electron chi connectivity index (χ4n) is 5.21. The number of likely N-dealkylation sites (N-methyl/N-ethyl adjacent to an activating group) is 1. The number of anilines is 4. The number of rotatable bonds is 5. The topological polar surface area (TPSA) is 121 Å². The van der Waals surface area contributed by atoms with Crippen molar-refractivity contribution in [2.24, 2.45) is 5.92 Å². The molecule has 6 rings (SSSR count). The number of piperidine rings is 1. The van der Waals surface area contributed by atoms with E-state index in [2.05, 4.69) is 54.7 Å². The molecule has 3 aliphatic rings. The first-order valence-electron chi connectivity index (χ1n) is 11.9. The van der Waals surface area contributed by atoms with Crippen molar-refractivity contribution in [3.8, 4) is 12.1 Å². The first-order valence-corrected chi connectivity index (χ1v) is 12.3. The van der Waals surface area contributed by atoms with Crippen molar-refractivity contribution in [1.82, 2.24) is 24.5 Å². The van der Waals surface area contributed by atoms with Crippen molar-refractivity contribution in [2.75, 3.05) is 42.2 Å². The van der Waals surface area contributed by atoms with Crippen LogP contribution in [0.1, 0.15) is 36.9 Å². The molecule has 1 aromatic carbocycles. The smallest absolute Gasteiger partial charge is 0.247 e. The van der Waals surface area contributed by atoms with Crippen molar-refractivity contribution in [2.45, 2.75) is 37.8 Å². The summed E-state index contributed by atoms with van der Waals surface area (Å²) in [5.74, 6) is 1.55. The van der Waals surface area contributed by atoms with Crippen LogP contribution in [0.2, 0.25) is 5.02 Å². The van der Waals surface area contributed by atoms with Crippen molar-refractivity contribution >= 4 is 40.4 Å². The third-order valence-electron chi connectivity index (χ3n) is 7.30. The number of aromatic nitrogens is 4. The van der Waals surface area contributed by atoms with Gasteiger partial charge in [0.2, 0.25) is 5.95 Å². The Bertz CT molecular complexity index is 1380. The highest BCUT2D eigenvalue weighted by Gasteiger charge is 2.37. The summed E-state index contributed by atoms with van der Waals surface area (Å²) in [6.45, 7) is 2.91. The minimum atomic E-state index is 0.271. The van der Waals surface area contributed by atoms with Crippen LogP contribution in [0, 0.1) is 28.6 Å². The maximum Gasteiger partial charge on any atom is 0.247 e. The van der Waals surface area contributed by atoms with Gasteiger partial charge < -0.3 is 20.4 Å². The van der Waals surface area contributed by atoms with E-state index in [9.17, 15) is 10.5 Å². The maximum absolute atomic E-state index is 9.73. The van der Waals surface area contributed by atoms with Gasteiger partial charge in [0.05, 0.1) is 34.2 Å². The van der Waals surface area contributed by atoms with E-state index in [-0.39, 0.29) is 5.95 Å². The Morgan fingerprint density at radius 1 is 1.11 bits per heavy atom. The van der Waals surface area contributed by atoms with Crippen molar-refractivity contribution in [3.05, 3.63) is 34.6 Å². The summed E-state index contributed by atoms with van der Waals surface area (Å²) in [7, 11) is 2.18. The van der Waals surface area contributed by atoms with Crippen molar-refractivity contribution in [3.63, 3.8) is 0 Å². The van der Waals surface area contributed by atoms with Crippen LogP contribution in [-0.2, 0) is 0 Å². The third-order valence-corrected chi connectivity index (χ3v) is 7.70. The number of likely N-dealkylation sites (tertiary alicyclic amines) is 1. The zero-order valence-electron chi connectivity index (χ0n) is 19.4. The molecule has 0 radical (unpaired) electrons. The molecular formula is C24H25ClN10. The van der Waals surface area contributed by atoms with E-state index in [1.807, 2.05) is 6.07 Å². The Morgan fingerprint density at radius 2 is 1.94 bits per heavy atom. The van der Waals surface area contributed by atoms with E-state index >= 15 is 0 Å². The highest BCUT2D eigenvalue weighted by atomic mass is 35.5. The number of imidazole rings is 1. The zero-order valence-corrected chi connectivity index (χ0v) is 20.1. The maximum atomic E-state index is 9.73. The summed E-state index contributed by atoms with van der Waals surface area (Å²) in [5.41, 5.74) is 2.71. The van der Waals surface area contributed by atoms with E-state index < -0.39 is 0 Å². The van der Waals surface area contributed by atoms with Gasteiger partial charge in [-0.05, 0) is 57.3 Å². The van der Waals surface area contributed by atoms with Crippen LogP contribution in [-0.4, -0.2) is 63.2 Å². The molecule has 0 bridgehead atoms. The molecule has 4 heterocycles. The molecule has 2 aliphatic heterocycles. The van der Waals surface area contributed by atoms with Gasteiger partial charge in [-0.15, -0.1) is 5.10 Å². The zero-order chi connectivity index (χ0) is 24.1. The fraction of sp³-hybridized carbons (Fsp3) is 0.458. The molecule has 0 amide bonds. The second-order valence-electron chi connectivity index (χ2n) is 9.62. The molecule has 2 atom stereocenters. The molecule has 11 heteroatoms. The number of fused-ring (bicyclic) bond motifs is 2. The van der Waals surface area contributed by atoms with Crippen LogP contribution >= 0.6 is 11.6 Å². The Hall–Kier alpha value is -3.60. The van der Waals surface area contributed by atoms with Crippen LogP contribution in [0.4, 0.5) is 23.1 Å². The molecule has 0 spiro atoms. The molecule has 178 valence electrons. The molecule has 3 fully saturated rings. The number of benzene rings is 1. The molecule has 3 aromatic rings. The molecular weight excluding hydrogens is 464 g/mol. The van der Waals surface area contributed by atoms with Crippen LogP contribution in [0.3, 0.4) is 0 Å². The Morgan fingerprint density at radius 3 is 2.71 bits per heavy atom. The first-order chi connectivity index (χ1) is 17.0. The predicted octanol–water partition coefficient (Wildman–Crippen LogP) is 3.37. The highest BCUT2D eigenvalue weighted by molar-refractivity contribution is 6.36. The Balaban J connectivity index is 1.36. The molecule has 2 aromatic heterocycles. The van der Waals surface area contributed by atoms with Gasteiger partial charge in [-0.25, -0.2) is 4.98 Å². The van der Waals surface area contributed by atoms with Crippen molar-refractivity contribution < 1.29 is 0 Å². The van der Waals surface area contributed by atoms with Crippen LogP contribution < -0.4 is 15.5 Å². The number of nitrogens with one attached hydrogen (secondary N) is 2. The van der Waals surface area contributed by atoms with Gasteiger partial charge in [-0.2, -0.15) is 20.0 Å². The van der Waals surface area contributed by atoms with Gasteiger partial charge in [0.1, 0.15) is 6.07 Å². The van der Waals surface area contributed by atoms with Gasteiger partial charge >= 0.3 is 0 Å². The number of nitriles is 2. The summed E-state index contributed by atoms with van der Waals surface area (Å²) in [5, 5.41) is 30.8. The number of nitrogens with zero attached hydrogens (tertiary/aromatic N) is 8. The lowest BCUT2D eigenvalue weighted by Crippen LogP contribution is -2.47. The molecule has 2 N–H and O–H groups in total. The second kappa shape index (κ2) is 8.56. The minimum Gasteiger partial charge on any atom is -0.369 e. The SMILES string of the molecule is CN1CCC2CCN(c3cc(C#N)cc(Nc4nc(NC5CC5)c5ncc(C#N)n5n4)c3Cl)CC21. The van der Waals surface area contributed by atoms with Gasteiger partial charge in [0.25, 0.3) is 0 Å². The first kappa shape index (κ1) is 21.9. The average Bonchev–Trinajstić information content (AvgIpc) is 3.47. The normalized spacial score (nSPS) is 22.0. The van der Waals surface area contributed by atoms with Gasteiger partial charge in [0, 0.05) is 25.2 Å². The minimum absolute atomic E-state index is 0.271. The Labute approximate surface area is 208 Å². The van der Waals surface area contributed by atoms with E-state index in [1.165, 1.54) is 17.1 Å². The summed E-state index contributed by atoms with van der Waals surface area (Å²) >= 11 is 6.92. The summed E-state index contributed by atoms with van der Waals surface area (Å²) in [4.78, 5) is 13.7. The fourth-order valence-corrected chi connectivity index (χ4v) is 5.49. The summed E-state index contributed by atoms with van der Waals surface area (Å²) in [6.07, 6.45) is 5.97. The molecule has 10 nitrogen and oxygen atoms in total. The summed E-state index contributed by atoms with van der Waals surface area (Å²) < 4.78 is 1.48. The predicted molar refractivity (Wildman–Crippen MR) is 133 cm³/mol. The number of halogens is 1. The summed E-state index contributed by atoms with van der Waals surface area (Å²) in [6, 6.07) is 8.78. The van der Waals surface area contributed by atoms with Crippen LogP contribution in [0.25, 0.3) is 5.65 Å². The lowest BCUT2D eigenvalue weighted by Gasteiger charge is -2.39. The molecule has 1 aliphatic carbocycles. The average molecular weight is 489 g/mol.